The first-order valence-corrected chi connectivity index (χ1v) is 9.56. The zero-order valence-corrected chi connectivity index (χ0v) is 16.1. The van der Waals surface area contributed by atoms with Gasteiger partial charge in [-0.05, 0) is 48.9 Å². The minimum atomic E-state index is -0.351. The smallest absolute Gasteiger partial charge is 0.290 e. The van der Waals surface area contributed by atoms with Crippen molar-refractivity contribution in [3.8, 4) is 11.3 Å². The Morgan fingerprint density at radius 1 is 1.10 bits per heavy atom. The van der Waals surface area contributed by atoms with Crippen LogP contribution in [0.4, 0.5) is 10.1 Å². The highest BCUT2D eigenvalue weighted by molar-refractivity contribution is 5.92. The number of carbonyl (C=O) groups excluding carboxylic acids is 1. The first kappa shape index (κ1) is 19.1. The molecule has 2 aromatic carbocycles. The lowest BCUT2D eigenvalue weighted by Crippen LogP contribution is -2.36. The van der Waals surface area contributed by atoms with Gasteiger partial charge in [-0.3, -0.25) is 4.79 Å². The predicted molar refractivity (Wildman–Crippen MR) is 107 cm³/mol. The van der Waals surface area contributed by atoms with Crippen molar-refractivity contribution in [2.45, 2.75) is 13.0 Å². The van der Waals surface area contributed by atoms with Crippen molar-refractivity contribution < 1.29 is 18.4 Å². The molecule has 7 heteroatoms. The number of nitrogens with one attached hydrogen (secondary N) is 1. The van der Waals surface area contributed by atoms with Crippen LogP contribution in [0.5, 0.6) is 0 Å². The Bertz CT molecular complexity index is 964. The molecule has 1 N–H and O–H groups in total. The largest absolute Gasteiger partial charge is 0.378 e. The van der Waals surface area contributed by atoms with Gasteiger partial charge in [0.05, 0.1) is 19.3 Å². The molecule has 1 saturated heterocycles. The second kappa shape index (κ2) is 8.45. The molecule has 1 atom stereocenters. The molecule has 29 heavy (non-hydrogen) atoms. The summed E-state index contributed by atoms with van der Waals surface area (Å²) in [6, 6.07) is 15.4. The number of carbonyl (C=O) groups is 1. The van der Waals surface area contributed by atoms with E-state index in [1.54, 1.807) is 18.2 Å². The highest BCUT2D eigenvalue weighted by Crippen LogP contribution is 2.22. The highest BCUT2D eigenvalue weighted by Gasteiger charge is 2.18. The van der Waals surface area contributed by atoms with E-state index >= 15 is 0 Å². The average Bonchev–Trinajstić information content (AvgIpc) is 3.25. The maximum absolute atomic E-state index is 13.1. The van der Waals surface area contributed by atoms with Crippen LogP contribution >= 0.6 is 0 Å². The average molecular weight is 395 g/mol. The highest BCUT2D eigenvalue weighted by atomic mass is 19.1. The molecule has 1 aliphatic heterocycles. The van der Waals surface area contributed by atoms with Crippen molar-refractivity contribution in [3.05, 3.63) is 71.7 Å². The third-order valence-corrected chi connectivity index (χ3v) is 4.99. The summed E-state index contributed by atoms with van der Waals surface area (Å²) >= 11 is 0. The van der Waals surface area contributed by atoms with Crippen molar-refractivity contribution in [1.29, 1.82) is 0 Å². The third kappa shape index (κ3) is 4.46. The fourth-order valence-corrected chi connectivity index (χ4v) is 3.29. The summed E-state index contributed by atoms with van der Waals surface area (Å²) in [5, 5.41) is 6.83. The summed E-state index contributed by atoms with van der Waals surface area (Å²) in [6.07, 6.45) is 0. The van der Waals surface area contributed by atoms with E-state index in [1.807, 2.05) is 19.1 Å². The molecule has 4 rings (SSSR count). The number of nitrogens with zero attached hydrogens (tertiary/aromatic N) is 2. The monoisotopic (exact) mass is 395 g/mol. The molecular weight excluding hydrogens is 373 g/mol. The topological polar surface area (TPSA) is 67.6 Å². The lowest BCUT2D eigenvalue weighted by Gasteiger charge is -2.29. The Kier molecular flexibility index (Phi) is 5.57. The molecule has 6 nitrogen and oxygen atoms in total. The lowest BCUT2D eigenvalue weighted by molar-refractivity contribution is 0.0902. The molecule has 1 aliphatic rings. The number of aromatic nitrogens is 1. The quantitative estimate of drug-likeness (QED) is 0.712. The number of anilines is 1. The van der Waals surface area contributed by atoms with Gasteiger partial charge in [0.1, 0.15) is 11.5 Å². The molecule has 1 unspecified atom stereocenters. The zero-order chi connectivity index (χ0) is 20.2. The molecule has 1 fully saturated rings. The number of benzene rings is 2. The van der Waals surface area contributed by atoms with E-state index in [2.05, 4.69) is 27.5 Å². The summed E-state index contributed by atoms with van der Waals surface area (Å²) in [6.45, 7) is 5.16. The van der Waals surface area contributed by atoms with Crippen LogP contribution in [0.1, 0.15) is 29.1 Å². The van der Waals surface area contributed by atoms with Crippen molar-refractivity contribution in [2.75, 3.05) is 31.2 Å². The second-order valence-electron chi connectivity index (χ2n) is 6.97. The van der Waals surface area contributed by atoms with Crippen LogP contribution in [0.2, 0.25) is 0 Å². The van der Waals surface area contributed by atoms with E-state index in [1.165, 1.54) is 12.1 Å². The summed E-state index contributed by atoms with van der Waals surface area (Å²) in [4.78, 5) is 14.8. The Morgan fingerprint density at radius 3 is 2.48 bits per heavy atom. The minimum absolute atomic E-state index is 0.112. The van der Waals surface area contributed by atoms with Crippen molar-refractivity contribution in [2.24, 2.45) is 0 Å². The lowest BCUT2D eigenvalue weighted by atomic mass is 10.1. The van der Waals surface area contributed by atoms with Crippen molar-refractivity contribution in [1.82, 2.24) is 10.5 Å². The summed E-state index contributed by atoms with van der Waals surface area (Å²) in [5.74, 6) is -0.569. The third-order valence-electron chi connectivity index (χ3n) is 4.99. The second-order valence-corrected chi connectivity index (χ2v) is 6.97. The van der Waals surface area contributed by atoms with Crippen LogP contribution < -0.4 is 10.2 Å². The molecule has 2 heterocycles. The molecule has 0 saturated carbocycles. The minimum Gasteiger partial charge on any atom is -0.378 e. The van der Waals surface area contributed by atoms with Crippen molar-refractivity contribution >= 4 is 11.6 Å². The predicted octanol–water partition coefficient (Wildman–Crippen LogP) is 3.81. The maximum atomic E-state index is 13.1. The van der Waals surface area contributed by atoms with Gasteiger partial charge >= 0.3 is 0 Å². The molecule has 150 valence electrons. The standard InChI is InChI=1S/C22H22FN3O3/c1-15(16-4-8-19(9-5-16)26-10-12-28-13-11-26)24-22(27)21-14-20(25-29-21)17-2-6-18(23)7-3-17/h2-9,14-15H,10-13H2,1H3,(H,24,27). The van der Waals surface area contributed by atoms with Crippen LogP contribution in [0.3, 0.4) is 0 Å². The van der Waals surface area contributed by atoms with Gasteiger partial charge in [-0.1, -0.05) is 17.3 Å². The van der Waals surface area contributed by atoms with Gasteiger partial charge in [-0.2, -0.15) is 0 Å². The maximum Gasteiger partial charge on any atom is 0.290 e. The summed E-state index contributed by atoms with van der Waals surface area (Å²) in [7, 11) is 0. The van der Waals surface area contributed by atoms with Gasteiger partial charge in [0.2, 0.25) is 5.76 Å². The van der Waals surface area contributed by atoms with Gasteiger partial charge < -0.3 is 19.5 Å². The van der Waals surface area contributed by atoms with Gasteiger partial charge in [0.15, 0.2) is 0 Å². The number of hydrogen-bond acceptors (Lipinski definition) is 5. The van der Waals surface area contributed by atoms with E-state index in [0.29, 0.717) is 11.3 Å². The van der Waals surface area contributed by atoms with Crippen LogP contribution in [0.15, 0.2) is 59.1 Å². The first-order chi connectivity index (χ1) is 14.1. The molecule has 1 aromatic heterocycles. The van der Waals surface area contributed by atoms with E-state index < -0.39 is 0 Å². The van der Waals surface area contributed by atoms with Crippen molar-refractivity contribution in [3.63, 3.8) is 0 Å². The van der Waals surface area contributed by atoms with Crippen LogP contribution in [0.25, 0.3) is 11.3 Å². The zero-order valence-electron chi connectivity index (χ0n) is 16.1. The Labute approximate surface area is 168 Å². The fraction of sp³-hybridized carbons (Fsp3) is 0.273. The molecule has 0 aliphatic carbocycles. The summed E-state index contributed by atoms with van der Waals surface area (Å²) in [5.41, 5.74) is 3.31. The van der Waals surface area contributed by atoms with Gasteiger partial charge in [0.25, 0.3) is 5.91 Å². The number of hydrogen-bond donors (Lipinski definition) is 1. The number of ether oxygens (including phenoxy) is 1. The van der Waals surface area contributed by atoms with Gasteiger partial charge in [-0.25, -0.2) is 4.39 Å². The number of morpholine rings is 1. The Balaban J connectivity index is 1.39. The molecule has 0 bridgehead atoms. The number of rotatable bonds is 5. The van der Waals surface area contributed by atoms with E-state index in [0.717, 1.165) is 37.6 Å². The molecule has 0 radical (unpaired) electrons. The number of amides is 1. The summed E-state index contributed by atoms with van der Waals surface area (Å²) < 4.78 is 23.6. The molecule has 0 spiro atoms. The molecule has 3 aromatic rings. The molecule has 1 amide bonds. The van der Waals surface area contributed by atoms with Crippen LogP contribution in [-0.2, 0) is 4.74 Å². The van der Waals surface area contributed by atoms with Gasteiger partial charge in [-0.15, -0.1) is 0 Å². The fourth-order valence-electron chi connectivity index (χ4n) is 3.29. The van der Waals surface area contributed by atoms with E-state index in [9.17, 15) is 9.18 Å². The van der Waals surface area contributed by atoms with Crippen LogP contribution in [-0.4, -0.2) is 37.4 Å². The Hall–Kier alpha value is -3.19. The van der Waals surface area contributed by atoms with E-state index in [4.69, 9.17) is 9.26 Å². The SMILES string of the molecule is CC(NC(=O)c1cc(-c2ccc(F)cc2)no1)c1ccc(N2CCOCC2)cc1. The molecular formula is C22H22FN3O3. The Morgan fingerprint density at radius 2 is 1.79 bits per heavy atom. The van der Waals surface area contributed by atoms with Gasteiger partial charge in [0, 0.05) is 30.4 Å². The van der Waals surface area contributed by atoms with E-state index in [-0.39, 0.29) is 23.5 Å². The van der Waals surface area contributed by atoms with Crippen LogP contribution in [0, 0.1) is 5.82 Å². The first-order valence-electron chi connectivity index (χ1n) is 9.56. The number of halogens is 1. The normalized spacial score (nSPS) is 15.2.